The zero-order chi connectivity index (χ0) is 20.9. The quantitative estimate of drug-likeness (QED) is 0.377. The van der Waals surface area contributed by atoms with Crippen LogP contribution in [0.15, 0.2) is 77.1 Å². The van der Waals surface area contributed by atoms with Crippen LogP contribution in [0.1, 0.15) is 22.8 Å². The van der Waals surface area contributed by atoms with Crippen molar-refractivity contribution in [3.63, 3.8) is 0 Å². The summed E-state index contributed by atoms with van der Waals surface area (Å²) in [6, 6.07) is 22.7. The molecule has 4 aromatic rings. The van der Waals surface area contributed by atoms with Gasteiger partial charge in [0.05, 0.1) is 10.2 Å². The van der Waals surface area contributed by atoms with Crippen LogP contribution in [0.3, 0.4) is 0 Å². The van der Waals surface area contributed by atoms with Crippen molar-refractivity contribution in [2.24, 2.45) is 0 Å². The van der Waals surface area contributed by atoms with Crippen molar-refractivity contribution >= 4 is 56.5 Å². The van der Waals surface area contributed by atoms with Gasteiger partial charge in [0.15, 0.2) is 4.34 Å². The molecule has 0 aliphatic rings. The number of rotatable bonds is 6. The van der Waals surface area contributed by atoms with E-state index >= 15 is 0 Å². The molecule has 3 aromatic carbocycles. The first-order valence-electron chi connectivity index (χ1n) is 9.33. The van der Waals surface area contributed by atoms with Crippen LogP contribution in [0, 0.1) is 0 Å². The van der Waals surface area contributed by atoms with E-state index in [1.54, 1.807) is 47.4 Å². The minimum Gasteiger partial charge on any atom is -0.326 e. The molecule has 0 bridgehead atoms. The summed E-state index contributed by atoms with van der Waals surface area (Å²) in [5, 5.41) is 5.57. The fourth-order valence-corrected chi connectivity index (χ4v) is 4.92. The molecule has 0 atom stereocenters. The summed E-state index contributed by atoms with van der Waals surface area (Å²) in [5.41, 5.74) is 4.00. The number of fused-ring (bicyclic) bond motifs is 1. The number of thiazole rings is 1. The molecule has 4 rings (SSSR count). The summed E-state index contributed by atoms with van der Waals surface area (Å²) in [6.07, 6.45) is 0. The minimum absolute atomic E-state index is 0.155. The van der Waals surface area contributed by atoms with Crippen molar-refractivity contribution < 1.29 is 9.59 Å². The Morgan fingerprint density at radius 1 is 0.933 bits per heavy atom. The lowest BCUT2D eigenvalue weighted by Gasteiger charge is -2.08. The van der Waals surface area contributed by atoms with Crippen molar-refractivity contribution in [3.05, 3.63) is 83.9 Å². The van der Waals surface area contributed by atoms with E-state index in [0.717, 1.165) is 21.2 Å². The fourth-order valence-electron chi connectivity index (χ4n) is 2.89. The van der Waals surface area contributed by atoms with E-state index in [-0.39, 0.29) is 11.8 Å². The van der Waals surface area contributed by atoms with Gasteiger partial charge in [0.25, 0.3) is 5.91 Å². The Balaban J connectivity index is 1.36. The van der Waals surface area contributed by atoms with Crippen molar-refractivity contribution in [2.75, 3.05) is 10.6 Å². The number of carbonyl (C=O) groups is 2. The molecule has 150 valence electrons. The highest BCUT2D eigenvalue weighted by Crippen LogP contribution is 2.31. The topological polar surface area (TPSA) is 71.1 Å². The van der Waals surface area contributed by atoms with Crippen molar-refractivity contribution in [1.82, 2.24) is 4.98 Å². The molecule has 0 fully saturated rings. The van der Waals surface area contributed by atoms with Gasteiger partial charge in [-0.1, -0.05) is 42.1 Å². The number of carbonyl (C=O) groups excluding carboxylic acids is 2. The number of hydrogen-bond acceptors (Lipinski definition) is 5. The molecule has 30 heavy (non-hydrogen) atoms. The number of aromatic nitrogens is 1. The summed E-state index contributed by atoms with van der Waals surface area (Å²) in [7, 11) is 0. The summed E-state index contributed by atoms with van der Waals surface area (Å²) < 4.78 is 2.23. The van der Waals surface area contributed by atoms with Gasteiger partial charge in [-0.05, 0) is 48.0 Å². The average Bonchev–Trinajstić information content (AvgIpc) is 3.15. The SMILES string of the molecule is CC(=O)Nc1cccc(NC(=O)c2ccc(CSc3nc4ccccc4s3)cc2)c1. The van der Waals surface area contributed by atoms with Crippen LogP contribution in [0.2, 0.25) is 0 Å². The van der Waals surface area contributed by atoms with Gasteiger partial charge in [-0.25, -0.2) is 4.98 Å². The second-order valence-electron chi connectivity index (χ2n) is 6.65. The molecule has 0 aliphatic heterocycles. The van der Waals surface area contributed by atoms with Crippen LogP contribution in [0.25, 0.3) is 10.2 Å². The number of thioether (sulfide) groups is 1. The number of para-hydroxylation sites is 1. The lowest BCUT2D eigenvalue weighted by atomic mass is 10.1. The first kappa shape index (κ1) is 20.1. The van der Waals surface area contributed by atoms with Crippen molar-refractivity contribution in [2.45, 2.75) is 17.0 Å². The normalized spacial score (nSPS) is 10.7. The minimum atomic E-state index is -0.194. The Labute approximate surface area is 182 Å². The lowest BCUT2D eigenvalue weighted by molar-refractivity contribution is -0.114. The maximum absolute atomic E-state index is 12.5. The number of anilines is 2. The second-order valence-corrected chi connectivity index (χ2v) is 8.90. The Morgan fingerprint density at radius 3 is 2.40 bits per heavy atom. The molecular formula is C23H19N3O2S2. The van der Waals surface area contributed by atoms with Crippen molar-refractivity contribution in [1.29, 1.82) is 0 Å². The van der Waals surface area contributed by atoms with Crippen LogP contribution in [-0.4, -0.2) is 16.8 Å². The van der Waals surface area contributed by atoms with Gasteiger partial charge in [0.2, 0.25) is 5.91 Å². The first-order valence-corrected chi connectivity index (χ1v) is 11.1. The number of hydrogen-bond donors (Lipinski definition) is 2. The van der Waals surface area contributed by atoms with Gasteiger partial charge in [0.1, 0.15) is 0 Å². The van der Waals surface area contributed by atoms with Crippen LogP contribution in [-0.2, 0) is 10.5 Å². The molecule has 0 unspecified atom stereocenters. The van der Waals surface area contributed by atoms with Gasteiger partial charge < -0.3 is 10.6 Å². The maximum atomic E-state index is 12.5. The van der Waals surface area contributed by atoms with E-state index in [1.165, 1.54) is 11.6 Å². The molecule has 0 radical (unpaired) electrons. The third kappa shape index (κ3) is 5.06. The third-order valence-electron chi connectivity index (χ3n) is 4.29. The molecule has 1 aromatic heterocycles. The van der Waals surface area contributed by atoms with Crippen LogP contribution >= 0.6 is 23.1 Å². The molecule has 5 nitrogen and oxygen atoms in total. The van der Waals surface area contributed by atoms with E-state index < -0.39 is 0 Å². The predicted octanol–water partition coefficient (Wildman–Crippen LogP) is 5.80. The largest absolute Gasteiger partial charge is 0.326 e. The number of amides is 2. The number of nitrogens with one attached hydrogen (secondary N) is 2. The number of benzene rings is 3. The summed E-state index contributed by atoms with van der Waals surface area (Å²) >= 11 is 3.39. The Kier molecular flexibility index (Phi) is 6.11. The van der Waals surface area contributed by atoms with Crippen LogP contribution in [0.5, 0.6) is 0 Å². The molecule has 0 saturated carbocycles. The molecule has 2 amide bonds. The van der Waals surface area contributed by atoms with E-state index in [0.29, 0.717) is 16.9 Å². The lowest BCUT2D eigenvalue weighted by Crippen LogP contribution is -2.12. The second kappa shape index (κ2) is 9.11. The molecule has 7 heteroatoms. The third-order valence-corrected chi connectivity index (χ3v) is 6.54. The molecule has 0 spiro atoms. The molecule has 0 aliphatic carbocycles. The molecule has 2 N–H and O–H groups in total. The maximum Gasteiger partial charge on any atom is 0.255 e. The van der Waals surface area contributed by atoms with E-state index in [9.17, 15) is 9.59 Å². The van der Waals surface area contributed by atoms with Gasteiger partial charge in [-0.3, -0.25) is 9.59 Å². The average molecular weight is 434 g/mol. The standard InChI is InChI=1S/C23H19N3O2S2/c1-15(27)24-18-5-4-6-19(13-18)25-22(28)17-11-9-16(10-12-17)14-29-23-26-20-7-2-3-8-21(20)30-23/h2-13H,14H2,1H3,(H,24,27)(H,25,28). The summed E-state index contributed by atoms with van der Waals surface area (Å²) in [4.78, 5) is 28.3. The molecular weight excluding hydrogens is 414 g/mol. The zero-order valence-electron chi connectivity index (χ0n) is 16.2. The molecule has 0 saturated heterocycles. The molecule has 1 heterocycles. The van der Waals surface area contributed by atoms with E-state index in [1.807, 2.05) is 42.5 Å². The van der Waals surface area contributed by atoms with Gasteiger partial charge in [-0.2, -0.15) is 0 Å². The zero-order valence-corrected chi connectivity index (χ0v) is 17.8. The van der Waals surface area contributed by atoms with Crippen molar-refractivity contribution in [3.8, 4) is 0 Å². The van der Waals surface area contributed by atoms with Crippen LogP contribution in [0.4, 0.5) is 11.4 Å². The van der Waals surface area contributed by atoms with Gasteiger partial charge in [-0.15, -0.1) is 11.3 Å². The van der Waals surface area contributed by atoms with Gasteiger partial charge >= 0.3 is 0 Å². The Bertz CT molecular complexity index is 1170. The summed E-state index contributed by atoms with van der Waals surface area (Å²) in [6.45, 7) is 1.45. The van der Waals surface area contributed by atoms with E-state index in [4.69, 9.17) is 0 Å². The highest BCUT2D eigenvalue weighted by molar-refractivity contribution is 8.00. The fraction of sp³-hybridized carbons (Fsp3) is 0.0870. The highest BCUT2D eigenvalue weighted by atomic mass is 32.2. The van der Waals surface area contributed by atoms with Gasteiger partial charge in [0, 0.05) is 29.6 Å². The highest BCUT2D eigenvalue weighted by Gasteiger charge is 2.08. The van der Waals surface area contributed by atoms with Crippen LogP contribution < -0.4 is 10.6 Å². The first-order chi connectivity index (χ1) is 14.6. The monoisotopic (exact) mass is 433 g/mol. The Hall–Kier alpha value is -3.16. The number of nitrogens with zero attached hydrogens (tertiary/aromatic N) is 1. The predicted molar refractivity (Wildman–Crippen MR) is 124 cm³/mol. The van der Waals surface area contributed by atoms with E-state index in [2.05, 4.69) is 21.7 Å². The Morgan fingerprint density at radius 2 is 1.67 bits per heavy atom. The summed E-state index contributed by atoms with van der Waals surface area (Å²) in [5.74, 6) is 0.443. The smallest absolute Gasteiger partial charge is 0.255 e.